The van der Waals surface area contributed by atoms with E-state index < -0.39 is 41.3 Å². The molecule has 0 saturated carbocycles. The van der Waals surface area contributed by atoms with Crippen LogP contribution in [0, 0.1) is 5.82 Å². The first-order chi connectivity index (χ1) is 7.64. The smallest absolute Gasteiger partial charge is 0.418 e. The van der Waals surface area contributed by atoms with Crippen LogP contribution in [0.2, 0.25) is 0 Å². The molecule has 0 unspecified atom stereocenters. The van der Waals surface area contributed by atoms with Crippen molar-refractivity contribution in [3.05, 3.63) is 28.8 Å². The summed E-state index contributed by atoms with van der Waals surface area (Å²) in [5, 5.41) is 8.34. The Balaban J connectivity index is 3.53. The van der Waals surface area contributed by atoms with Gasteiger partial charge in [0.15, 0.2) is 11.5 Å². The second-order valence-electron chi connectivity index (χ2n) is 2.86. The summed E-state index contributed by atoms with van der Waals surface area (Å²) in [4.78, 5) is 12.8. The van der Waals surface area contributed by atoms with Crippen LogP contribution in [0.5, 0.6) is 0 Å². The number of hydrogen-bond donors (Lipinski definition) is 1. The Bertz CT molecular complexity index is 456. The molecular formula is C8H3F6NO2. The largest absolute Gasteiger partial charge is 0.476 e. The first kappa shape index (κ1) is 13.3. The molecule has 1 rings (SSSR count). The van der Waals surface area contributed by atoms with Crippen molar-refractivity contribution in [1.82, 2.24) is 4.98 Å². The summed E-state index contributed by atoms with van der Waals surface area (Å²) in [6.07, 6.45) is -8.90. The van der Waals surface area contributed by atoms with E-state index >= 15 is 0 Å². The van der Waals surface area contributed by atoms with E-state index in [2.05, 4.69) is 4.98 Å². The third-order valence-electron chi connectivity index (χ3n) is 1.72. The molecule has 17 heavy (non-hydrogen) atoms. The van der Waals surface area contributed by atoms with Gasteiger partial charge in [0, 0.05) is 0 Å². The summed E-state index contributed by atoms with van der Waals surface area (Å²) >= 11 is 0. The molecule has 0 aromatic carbocycles. The van der Waals surface area contributed by atoms with E-state index in [-0.39, 0.29) is 6.07 Å². The van der Waals surface area contributed by atoms with E-state index in [0.29, 0.717) is 0 Å². The van der Waals surface area contributed by atoms with Crippen LogP contribution in [0.3, 0.4) is 0 Å². The van der Waals surface area contributed by atoms with Crippen LogP contribution in [0.4, 0.5) is 26.3 Å². The molecule has 0 spiro atoms. The number of halogens is 6. The first-order valence-corrected chi connectivity index (χ1v) is 3.93. The molecule has 0 saturated heterocycles. The molecule has 1 heterocycles. The minimum absolute atomic E-state index is 0.308. The number of aromatic carboxylic acids is 1. The zero-order chi connectivity index (χ0) is 13.4. The number of alkyl halides is 5. The molecule has 1 aromatic heterocycles. The van der Waals surface area contributed by atoms with Crippen LogP contribution < -0.4 is 0 Å². The minimum atomic E-state index is -5.24. The van der Waals surface area contributed by atoms with Crippen LogP contribution in [0.1, 0.15) is 28.2 Å². The Labute approximate surface area is 89.7 Å². The summed E-state index contributed by atoms with van der Waals surface area (Å²) < 4.78 is 74.1. The SMILES string of the molecule is O=C(O)c1nc(C(F)F)c(C(F)(F)F)cc1F. The van der Waals surface area contributed by atoms with Crippen LogP contribution in [0.25, 0.3) is 0 Å². The molecule has 94 valence electrons. The molecule has 0 aliphatic rings. The van der Waals surface area contributed by atoms with Crippen LogP contribution in [0.15, 0.2) is 6.07 Å². The number of carbonyl (C=O) groups is 1. The quantitative estimate of drug-likeness (QED) is 0.831. The fraction of sp³-hybridized carbons (Fsp3) is 0.250. The van der Waals surface area contributed by atoms with E-state index in [1.54, 1.807) is 0 Å². The number of aromatic nitrogens is 1. The Morgan fingerprint density at radius 1 is 1.35 bits per heavy atom. The Hall–Kier alpha value is -1.80. The van der Waals surface area contributed by atoms with Gasteiger partial charge in [-0.2, -0.15) is 13.2 Å². The van der Waals surface area contributed by atoms with Crippen molar-refractivity contribution in [3.8, 4) is 0 Å². The van der Waals surface area contributed by atoms with Crippen molar-refractivity contribution < 1.29 is 36.2 Å². The predicted molar refractivity (Wildman–Crippen MR) is 41.1 cm³/mol. The van der Waals surface area contributed by atoms with Crippen molar-refractivity contribution in [2.24, 2.45) is 0 Å². The number of rotatable bonds is 2. The van der Waals surface area contributed by atoms with E-state index in [4.69, 9.17) is 5.11 Å². The monoisotopic (exact) mass is 259 g/mol. The lowest BCUT2D eigenvalue weighted by atomic mass is 10.1. The third-order valence-corrected chi connectivity index (χ3v) is 1.72. The van der Waals surface area contributed by atoms with Gasteiger partial charge in [0.2, 0.25) is 0 Å². The van der Waals surface area contributed by atoms with E-state index in [9.17, 15) is 31.1 Å². The normalized spacial score (nSPS) is 11.9. The highest BCUT2D eigenvalue weighted by Gasteiger charge is 2.38. The second kappa shape index (κ2) is 4.22. The highest BCUT2D eigenvalue weighted by atomic mass is 19.4. The molecular weight excluding hydrogens is 256 g/mol. The van der Waals surface area contributed by atoms with Crippen molar-refractivity contribution >= 4 is 5.97 Å². The van der Waals surface area contributed by atoms with Gasteiger partial charge in [-0.1, -0.05) is 0 Å². The van der Waals surface area contributed by atoms with Gasteiger partial charge < -0.3 is 5.11 Å². The highest BCUT2D eigenvalue weighted by Crippen LogP contribution is 2.36. The van der Waals surface area contributed by atoms with Gasteiger partial charge in [-0.3, -0.25) is 0 Å². The summed E-state index contributed by atoms with van der Waals surface area (Å²) in [5.74, 6) is -3.85. The van der Waals surface area contributed by atoms with Gasteiger partial charge in [-0.25, -0.2) is 22.9 Å². The summed E-state index contributed by atoms with van der Waals surface area (Å²) in [5.41, 5.74) is -5.28. The van der Waals surface area contributed by atoms with Gasteiger partial charge in [-0.15, -0.1) is 0 Å². The highest BCUT2D eigenvalue weighted by molar-refractivity contribution is 5.85. The average molecular weight is 259 g/mol. The van der Waals surface area contributed by atoms with Crippen LogP contribution in [-0.2, 0) is 6.18 Å². The molecule has 0 amide bonds. The van der Waals surface area contributed by atoms with E-state index in [1.165, 1.54) is 0 Å². The molecule has 1 N–H and O–H groups in total. The van der Waals surface area contributed by atoms with Crippen molar-refractivity contribution in [3.63, 3.8) is 0 Å². The lowest BCUT2D eigenvalue weighted by molar-refractivity contribution is -0.140. The van der Waals surface area contributed by atoms with Gasteiger partial charge >= 0.3 is 12.1 Å². The van der Waals surface area contributed by atoms with Gasteiger partial charge in [0.25, 0.3) is 6.43 Å². The average Bonchev–Trinajstić information content (AvgIpc) is 2.14. The van der Waals surface area contributed by atoms with E-state index in [0.717, 1.165) is 0 Å². The van der Waals surface area contributed by atoms with E-state index in [1.807, 2.05) is 0 Å². The minimum Gasteiger partial charge on any atom is -0.476 e. The summed E-state index contributed by atoms with van der Waals surface area (Å²) in [6, 6.07) is -0.308. The van der Waals surface area contributed by atoms with Crippen molar-refractivity contribution in [1.29, 1.82) is 0 Å². The van der Waals surface area contributed by atoms with Crippen molar-refractivity contribution in [2.75, 3.05) is 0 Å². The summed E-state index contributed by atoms with van der Waals surface area (Å²) in [7, 11) is 0. The molecule has 0 aliphatic carbocycles. The first-order valence-electron chi connectivity index (χ1n) is 3.93. The Morgan fingerprint density at radius 2 is 1.88 bits per heavy atom. The number of nitrogens with zero attached hydrogens (tertiary/aromatic N) is 1. The topological polar surface area (TPSA) is 50.2 Å². The van der Waals surface area contributed by atoms with Crippen molar-refractivity contribution in [2.45, 2.75) is 12.6 Å². The number of carboxylic acid groups (broad SMARTS) is 1. The van der Waals surface area contributed by atoms with Gasteiger partial charge in [0.05, 0.1) is 5.56 Å². The zero-order valence-electron chi connectivity index (χ0n) is 7.73. The standard InChI is InChI=1S/C8H3F6NO2/c9-3-1-2(8(12,13)14)4(6(10)11)15-5(3)7(16)17/h1,6H,(H,16,17). The van der Waals surface area contributed by atoms with Crippen LogP contribution in [-0.4, -0.2) is 16.1 Å². The number of carboxylic acids is 1. The van der Waals surface area contributed by atoms with Gasteiger partial charge in [0.1, 0.15) is 5.69 Å². The lowest BCUT2D eigenvalue weighted by Crippen LogP contribution is -2.16. The fourth-order valence-corrected chi connectivity index (χ4v) is 1.05. The Kier molecular flexibility index (Phi) is 3.30. The molecule has 3 nitrogen and oxygen atoms in total. The second-order valence-corrected chi connectivity index (χ2v) is 2.86. The predicted octanol–water partition coefficient (Wildman–Crippen LogP) is 2.88. The molecule has 0 radical (unpaired) electrons. The maximum absolute atomic E-state index is 12.9. The lowest BCUT2D eigenvalue weighted by Gasteiger charge is -2.12. The maximum atomic E-state index is 12.9. The molecule has 0 aliphatic heterocycles. The maximum Gasteiger partial charge on any atom is 0.418 e. The molecule has 0 atom stereocenters. The molecule has 0 bridgehead atoms. The third kappa shape index (κ3) is 2.66. The van der Waals surface area contributed by atoms with Crippen LogP contribution >= 0.6 is 0 Å². The Morgan fingerprint density at radius 3 is 2.24 bits per heavy atom. The number of pyridine rings is 1. The molecule has 0 fully saturated rings. The zero-order valence-corrected chi connectivity index (χ0v) is 7.73. The molecule has 9 heteroatoms. The molecule has 1 aromatic rings. The van der Waals surface area contributed by atoms with Gasteiger partial charge in [-0.05, 0) is 6.07 Å². The number of hydrogen-bond acceptors (Lipinski definition) is 2. The summed E-state index contributed by atoms with van der Waals surface area (Å²) in [6.45, 7) is 0. The fourth-order valence-electron chi connectivity index (χ4n) is 1.05.